The molecule has 0 radical (unpaired) electrons. The minimum Gasteiger partial charge on any atom is -0.375 e. The van der Waals surface area contributed by atoms with Crippen LogP contribution in [0.3, 0.4) is 0 Å². The van der Waals surface area contributed by atoms with Crippen LogP contribution in [-0.4, -0.2) is 35.9 Å². The molecular weight excluding hydrogens is 248 g/mol. The number of ether oxygens (including phenoxy) is 1. The van der Waals surface area contributed by atoms with Gasteiger partial charge in [-0.1, -0.05) is 13.8 Å². The lowest BCUT2D eigenvalue weighted by Crippen LogP contribution is -2.21. The van der Waals surface area contributed by atoms with Crippen LogP contribution in [0.25, 0.3) is 0 Å². The Balaban J connectivity index is 2.21. The number of nitrogens with one attached hydrogen (secondary N) is 1. The van der Waals surface area contributed by atoms with Crippen molar-refractivity contribution in [2.45, 2.75) is 39.3 Å². The summed E-state index contributed by atoms with van der Waals surface area (Å²) < 4.78 is 28.3. The molecule has 1 aromatic rings. The fourth-order valence-corrected chi connectivity index (χ4v) is 1.86. The molecule has 0 fully saturated rings. The second-order valence-electron chi connectivity index (χ2n) is 3.84. The normalized spacial score (nSPS) is 11.6. The molecule has 0 bridgehead atoms. The highest BCUT2D eigenvalue weighted by atomic mass is 32.1. The molecule has 0 saturated carbocycles. The van der Waals surface area contributed by atoms with Crippen LogP contribution in [0.4, 0.5) is 8.78 Å². The molecule has 0 spiro atoms. The van der Waals surface area contributed by atoms with Gasteiger partial charge in [0.05, 0.1) is 6.61 Å². The molecule has 17 heavy (non-hydrogen) atoms. The molecule has 0 unspecified atom stereocenters. The van der Waals surface area contributed by atoms with Gasteiger partial charge in [0.2, 0.25) is 0 Å². The highest BCUT2D eigenvalue weighted by Crippen LogP contribution is 2.10. The molecule has 1 heterocycles. The van der Waals surface area contributed by atoms with Crippen molar-refractivity contribution in [2.75, 3.05) is 13.2 Å². The molecule has 98 valence electrons. The van der Waals surface area contributed by atoms with Gasteiger partial charge < -0.3 is 10.1 Å². The molecule has 0 amide bonds. The Morgan fingerprint density at radius 1 is 1.29 bits per heavy atom. The maximum atomic E-state index is 11.8. The van der Waals surface area contributed by atoms with Crippen molar-refractivity contribution < 1.29 is 13.5 Å². The first-order valence-corrected chi connectivity index (χ1v) is 6.30. The van der Waals surface area contributed by atoms with Gasteiger partial charge in [0.15, 0.2) is 0 Å². The van der Waals surface area contributed by atoms with Crippen molar-refractivity contribution in [2.24, 2.45) is 0 Å². The summed E-state index contributed by atoms with van der Waals surface area (Å²) in [6.45, 7) is 4.55. The summed E-state index contributed by atoms with van der Waals surface area (Å²) in [5.74, 6) is 0. The molecule has 0 saturated heterocycles. The molecule has 0 aliphatic rings. The van der Waals surface area contributed by atoms with Crippen LogP contribution in [-0.2, 0) is 17.7 Å². The van der Waals surface area contributed by atoms with E-state index in [0.717, 1.165) is 10.0 Å². The maximum Gasteiger partial charge on any atom is 0.261 e. The molecule has 1 aromatic heterocycles. The second kappa shape index (κ2) is 7.62. The summed E-state index contributed by atoms with van der Waals surface area (Å²) in [6.07, 6.45) is -1.87. The molecule has 0 atom stereocenters. The van der Waals surface area contributed by atoms with Gasteiger partial charge in [-0.05, 0) is 0 Å². The second-order valence-corrected chi connectivity index (χ2v) is 4.99. The third kappa shape index (κ3) is 6.60. The third-order valence-corrected chi connectivity index (χ3v) is 2.86. The predicted octanol–water partition coefficient (Wildman–Crippen LogP) is 1.86. The Morgan fingerprint density at radius 3 is 2.65 bits per heavy atom. The number of hydrogen-bond donors (Lipinski definition) is 1. The lowest BCUT2D eigenvalue weighted by molar-refractivity contribution is 0.0186. The van der Waals surface area contributed by atoms with Crippen molar-refractivity contribution >= 4 is 11.3 Å². The zero-order valence-electron chi connectivity index (χ0n) is 9.95. The summed E-state index contributed by atoms with van der Waals surface area (Å²) in [4.78, 5) is 0. The summed E-state index contributed by atoms with van der Waals surface area (Å²) in [6, 6.07) is 0.400. The Hall–Kier alpha value is -0.660. The van der Waals surface area contributed by atoms with Gasteiger partial charge in [-0.2, -0.15) is 0 Å². The molecule has 1 rings (SSSR count). The largest absolute Gasteiger partial charge is 0.375 e. The van der Waals surface area contributed by atoms with Gasteiger partial charge in [0.1, 0.15) is 16.6 Å². The van der Waals surface area contributed by atoms with Gasteiger partial charge in [0, 0.05) is 19.0 Å². The van der Waals surface area contributed by atoms with Gasteiger partial charge in [-0.3, -0.25) is 0 Å². The first-order chi connectivity index (χ1) is 8.08. The predicted molar refractivity (Wildman–Crippen MR) is 62.4 cm³/mol. The van der Waals surface area contributed by atoms with E-state index in [0.29, 0.717) is 19.0 Å². The smallest absolute Gasteiger partial charge is 0.261 e. The third-order valence-electron chi connectivity index (χ3n) is 1.87. The van der Waals surface area contributed by atoms with Gasteiger partial charge >= 0.3 is 0 Å². The molecule has 7 heteroatoms. The van der Waals surface area contributed by atoms with E-state index < -0.39 is 13.0 Å². The topological polar surface area (TPSA) is 47.0 Å². The van der Waals surface area contributed by atoms with Crippen LogP contribution in [0.15, 0.2) is 0 Å². The van der Waals surface area contributed by atoms with E-state index in [1.807, 2.05) is 0 Å². The maximum absolute atomic E-state index is 11.8. The average Bonchev–Trinajstić information content (AvgIpc) is 2.69. The number of hydrogen-bond acceptors (Lipinski definition) is 5. The zero-order chi connectivity index (χ0) is 12.7. The van der Waals surface area contributed by atoms with Crippen molar-refractivity contribution in [3.05, 3.63) is 10.0 Å². The fourth-order valence-electron chi connectivity index (χ4n) is 1.08. The summed E-state index contributed by atoms with van der Waals surface area (Å²) in [7, 11) is 0. The Bertz CT molecular complexity index is 320. The van der Waals surface area contributed by atoms with E-state index in [4.69, 9.17) is 4.74 Å². The summed E-state index contributed by atoms with van der Waals surface area (Å²) in [5.41, 5.74) is 0. The molecule has 0 aromatic carbocycles. The van der Waals surface area contributed by atoms with Gasteiger partial charge in [0.25, 0.3) is 6.43 Å². The number of alkyl halides is 2. The summed E-state index contributed by atoms with van der Waals surface area (Å²) >= 11 is 1.48. The van der Waals surface area contributed by atoms with Crippen LogP contribution in [0.2, 0.25) is 0 Å². The minimum absolute atomic E-state index is 0.260. The first-order valence-electron chi connectivity index (χ1n) is 5.48. The van der Waals surface area contributed by atoms with Crippen molar-refractivity contribution in [1.29, 1.82) is 0 Å². The Labute approximate surface area is 103 Å². The zero-order valence-corrected chi connectivity index (χ0v) is 10.8. The van der Waals surface area contributed by atoms with Crippen molar-refractivity contribution in [1.82, 2.24) is 15.5 Å². The molecule has 0 aliphatic heterocycles. The quantitative estimate of drug-likeness (QED) is 0.729. The lowest BCUT2D eigenvalue weighted by Gasteiger charge is -2.03. The lowest BCUT2D eigenvalue weighted by atomic mass is 10.4. The van der Waals surface area contributed by atoms with E-state index in [2.05, 4.69) is 29.4 Å². The van der Waals surface area contributed by atoms with Gasteiger partial charge in [-0.25, -0.2) is 8.78 Å². The summed E-state index contributed by atoms with van der Waals surface area (Å²) in [5, 5.41) is 12.9. The highest BCUT2D eigenvalue weighted by Gasteiger charge is 2.06. The van der Waals surface area contributed by atoms with Crippen LogP contribution >= 0.6 is 11.3 Å². The van der Waals surface area contributed by atoms with E-state index in [-0.39, 0.29) is 6.61 Å². The average molecular weight is 265 g/mol. The van der Waals surface area contributed by atoms with Crippen LogP contribution in [0.5, 0.6) is 0 Å². The minimum atomic E-state index is -2.41. The van der Waals surface area contributed by atoms with Crippen LogP contribution in [0, 0.1) is 0 Å². The number of aromatic nitrogens is 2. The van der Waals surface area contributed by atoms with Gasteiger partial charge in [-0.15, -0.1) is 21.5 Å². The van der Waals surface area contributed by atoms with Crippen LogP contribution < -0.4 is 5.32 Å². The molecule has 0 aliphatic carbocycles. The molecular formula is C10H17F2N3OS. The monoisotopic (exact) mass is 265 g/mol. The Kier molecular flexibility index (Phi) is 6.46. The fraction of sp³-hybridized carbons (Fsp3) is 0.800. The molecule has 4 nitrogen and oxygen atoms in total. The van der Waals surface area contributed by atoms with E-state index >= 15 is 0 Å². The van der Waals surface area contributed by atoms with Crippen molar-refractivity contribution in [3.63, 3.8) is 0 Å². The van der Waals surface area contributed by atoms with E-state index in [1.54, 1.807) is 0 Å². The first kappa shape index (κ1) is 14.4. The number of nitrogens with zero attached hydrogens (tertiary/aromatic N) is 2. The highest BCUT2D eigenvalue weighted by molar-refractivity contribution is 7.11. The van der Waals surface area contributed by atoms with E-state index in [9.17, 15) is 8.78 Å². The van der Waals surface area contributed by atoms with E-state index in [1.165, 1.54) is 11.3 Å². The number of halogens is 2. The number of rotatable bonds is 8. The van der Waals surface area contributed by atoms with Crippen molar-refractivity contribution in [3.8, 4) is 0 Å². The Morgan fingerprint density at radius 2 is 2.00 bits per heavy atom. The van der Waals surface area contributed by atoms with Crippen LogP contribution in [0.1, 0.15) is 23.9 Å². The molecule has 1 N–H and O–H groups in total. The SMILES string of the molecule is CC(C)NCc1nnc(CCOCC(F)F)s1. The standard InChI is InChI=1S/C10H17F2N3OS/c1-7(2)13-5-10-15-14-9(17-10)3-4-16-6-8(11)12/h7-8,13H,3-6H2,1-2H3.